The number of ether oxygens (including phenoxy) is 2. The van der Waals surface area contributed by atoms with E-state index in [0.29, 0.717) is 6.42 Å². The number of nitrogens with two attached hydrogens (primary N) is 1. The largest absolute Gasteiger partial charge is 0.492 e. The van der Waals surface area contributed by atoms with Crippen LogP contribution in [0.3, 0.4) is 0 Å². The molecule has 0 aromatic rings. The van der Waals surface area contributed by atoms with Gasteiger partial charge in [0, 0.05) is 13.0 Å². The van der Waals surface area contributed by atoms with Gasteiger partial charge >= 0.3 is 13.8 Å². The number of carbonyl (C=O) groups excluding carboxylic acids is 1. The molecule has 8 nitrogen and oxygen atoms in total. The number of phosphoric acid groups is 1. The van der Waals surface area contributed by atoms with Crippen LogP contribution in [0.1, 0.15) is 162 Å². The Labute approximate surface area is 306 Å². The summed E-state index contributed by atoms with van der Waals surface area (Å²) in [4.78, 5) is 22.2. The summed E-state index contributed by atoms with van der Waals surface area (Å²) in [5.41, 5.74) is 5.35. The molecule has 0 fully saturated rings. The van der Waals surface area contributed by atoms with Gasteiger partial charge in [-0.05, 0) is 83.1 Å². The Bertz CT molecular complexity index is 947. The summed E-state index contributed by atoms with van der Waals surface area (Å²) >= 11 is 0. The van der Waals surface area contributed by atoms with E-state index < -0.39 is 13.9 Å². The molecule has 1 unspecified atom stereocenters. The van der Waals surface area contributed by atoms with Crippen molar-refractivity contribution < 1.29 is 32.8 Å². The first kappa shape index (κ1) is 48.0. The molecule has 0 aromatic heterocycles. The molecular weight excluding hydrogens is 649 g/mol. The molecule has 9 heteroatoms. The molecule has 0 heterocycles. The van der Waals surface area contributed by atoms with Crippen LogP contribution in [-0.4, -0.2) is 43.3 Å². The predicted octanol–water partition coefficient (Wildman–Crippen LogP) is 11.8. The highest BCUT2D eigenvalue weighted by Crippen LogP contribution is 2.43. The summed E-state index contributed by atoms with van der Waals surface area (Å²) in [7, 11) is -4.27. The third-order valence-corrected chi connectivity index (χ3v) is 8.99. The normalized spacial score (nSPS) is 14.2. The second-order valence-corrected chi connectivity index (χ2v) is 14.3. The lowest BCUT2D eigenvalue weighted by Gasteiger charge is -2.19. The molecular formula is C41H74NO7P. The Hall–Kier alpha value is -1.96. The van der Waals surface area contributed by atoms with Crippen LogP contribution >= 0.6 is 7.82 Å². The van der Waals surface area contributed by atoms with Gasteiger partial charge in [-0.2, -0.15) is 0 Å². The quantitative estimate of drug-likeness (QED) is 0.0214. The molecule has 0 aliphatic rings. The molecule has 290 valence electrons. The summed E-state index contributed by atoms with van der Waals surface area (Å²) in [5.74, 6) is -0.311. The van der Waals surface area contributed by atoms with Crippen molar-refractivity contribution in [3.8, 4) is 0 Å². The SMILES string of the molecule is CC/C=C\C/C=C\C/C=C\CCCCCCCC(=O)OC[C@H](COP(=O)(O)OCCN)O/C=C\CCCCCCCC/C=C\CCCCCC. The van der Waals surface area contributed by atoms with Gasteiger partial charge in [0.15, 0.2) is 6.10 Å². The molecule has 0 aliphatic heterocycles. The van der Waals surface area contributed by atoms with Crippen LogP contribution < -0.4 is 5.73 Å². The topological polar surface area (TPSA) is 117 Å². The zero-order valence-electron chi connectivity index (χ0n) is 31.9. The molecule has 0 aromatic carbocycles. The standard InChI is InChI=1S/C41H74NO7P/c1-3-5-7-9-11-13-15-17-19-21-23-25-27-29-31-33-36-46-40(39-49-50(44,45)48-37-35-42)38-47-41(43)34-32-30-28-26-24-22-20-18-16-14-12-10-8-6-4-2/h6,8,12-15,18,20,33,36,40H,3-5,7,9-11,16-17,19,21-32,34-35,37-39,42H2,1-2H3,(H,44,45)/b8-6-,14-12-,15-13-,20-18-,36-33-/t40-/m1/s1. The van der Waals surface area contributed by atoms with Gasteiger partial charge in [-0.25, -0.2) is 4.57 Å². The highest BCUT2D eigenvalue weighted by Gasteiger charge is 2.24. The van der Waals surface area contributed by atoms with Crippen molar-refractivity contribution >= 4 is 13.8 Å². The van der Waals surface area contributed by atoms with Crippen LogP contribution in [0.15, 0.2) is 60.9 Å². The number of unbranched alkanes of at least 4 members (excludes halogenated alkanes) is 16. The van der Waals surface area contributed by atoms with Gasteiger partial charge in [0.1, 0.15) is 6.61 Å². The van der Waals surface area contributed by atoms with Gasteiger partial charge in [-0.15, -0.1) is 0 Å². The van der Waals surface area contributed by atoms with Crippen molar-refractivity contribution in [2.45, 2.75) is 168 Å². The highest BCUT2D eigenvalue weighted by atomic mass is 31.2. The van der Waals surface area contributed by atoms with E-state index in [2.05, 4.69) is 62.5 Å². The third-order valence-electron chi connectivity index (χ3n) is 8.01. The van der Waals surface area contributed by atoms with Crippen LogP contribution in [0.4, 0.5) is 0 Å². The summed E-state index contributed by atoms with van der Waals surface area (Å²) in [6.45, 7) is 4.05. The lowest BCUT2D eigenvalue weighted by atomic mass is 10.1. The third kappa shape index (κ3) is 37.3. The summed E-state index contributed by atoms with van der Waals surface area (Å²) < 4.78 is 33.1. The smallest absolute Gasteiger partial charge is 0.472 e. The molecule has 0 radical (unpaired) electrons. The van der Waals surface area contributed by atoms with Gasteiger partial charge in [-0.1, -0.05) is 127 Å². The molecule has 3 N–H and O–H groups in total. The molecule has 0 saturated heterocycles. The minimum atomic E-state index is -4.27. The molecule has 2 atom stereocenters. The van der Waals surface area contributed by atoms with E-state index in [0.717, 1.165) is 70.6 Å². The summed E-state index contributed by atoms with van der Waals surface area (Å²) in [6.07, 6.45) is 46.2. The minimum absolute atomic E-state index is 0.0783. The van der Waals surface area contributed by atoms with Crippen molar-refractivity contribution in [2.75, 3.05) is 26.4 Å². The average molecular weight is 724 g/mol. The van der Waals surface area contributed by atoms with Crippen molar-refractivity contribution in [1.29, 1.82) is 0 Å². The first-order valence-corrected chi connectivity index (χ1v) is 21.3. The van der Waals surface area contributed by atoms with Gasteiger partial charge in [0.05, 0.1) is 19.5 Å². The fourth-order valence-electron chi connectivity index (χ4n) is 5.05. The summed E-state index contributed by atoms with van der Waals surface area (Å²) in [6, 6.07) is 0. The van der Waals surface area contributed by atoms with Gasteiger partial charge in [0.25, 0.3) is 0 Å². The number of carbonyl (C=O) groups is 1. The van der Waals surface area contributed by atoms with Crippen LogP contribution in [0, 0.1) is 0 Å². The number of esters is 1. The molecule has 0 saturated carbocycles. The number of hydrogen-bond acceptors (Lipinski definition) is 7. The Morgan fingerprint density at radius 1 is 0.640 bits per heavy atom. The number of phosphoric ester groups is 1. The second-order valence-electron chi connectivity index (χ2n) is 12.8. The maximum absolute atomic E-state index is 12.4. The first-order valence-electron chi connectivity index (χ1n) is 19.8. The molecule has 0 amide bonds. The Morgan fingerprint density at radius 3 is 1.72 bits per heavy atom. The van der Waals surface area contributed by atoms with E-state index >= 15 is 0 Å². The lowest BCUT2D eigenvalue weighted by molar-refractivity contribution is -0.147. The highest BCUT2D eigenvalue weighted by molar-refractivity contribution is 7.47. The molecule has 0 spiro atoms. The molecule has 0 aliphatic carbocycles. The van der Waals surface area contributed by atoms with Gasteiger partial charge in [0.2, 0.25) is 0 Å². The van der Waals surface area contributed by atoms with Crippen molar-refractivity contribution in [2.24, 2.45) is 5.73 Å². The maximum atomic E-state index is 12.4. The molecule has 0 bridgehead atoms. The van der Waals surface area contributed by atoms with E-state index in [1.54, 1.807) is 6.26 Å². The van der Waals surface area contributed by atoms with E-state index in [1.165, 1.54) is 70.6 Å². The summed E-state index contributed by atoms with van der Waals surface area (Å²) in [5, 5.41) is 0. The zero-order valence-corrected chi connectivity index (χ0v) is 32.8. The van der Waals surface area contributed by atoms with E-state index in [4.69, 9.17) is 24.3 Å². The molecule has 50 heavy (non-hydrogen) atoms. The zero-order chi connectivity index (χ0) is 36.6. The second kappa shape index (κ2) is 38.3. The number of hydrogen-bond donors (Lipinski definition) is 2. The van der Waals surface area contributed by atoms with E-state index in [-0.39, 0.29) is 32.3 Å². The minimum Gasteiger partial charge on any atom is -0.492 e. The first-order chi connectivity index (χ1) is 24.4. The Kier molecular flexibility index (Phi) is 36.8. The van der Waals surface area contributed by atoms with Crippen LogP contribution in [0.5, 0.6) is 0 Å². The van der Waals surface area contributed by atoms with Crippen molar-refractivity contribution in [3.05, 3.63) is 60.9 Å². The van der Waals surface area contributed by atoms with Gasteiger partial charge in [-0.3, -0.25) is 13.8 Å². The van der Waals surface area contributed by atoms with Crippen LogP contribution in [0.2, 0.25) is 0 Å². The monoisotopic (exact) mass is 724 g/mol. The fourth-order valence-corrected chi connectivity index (χ4v) is 5.81. The Balaban J connectivity index is 4.17. The number of rotatable bonds is 37. The molecule has 0 rings (SSSR count). The van der Waals surface area contributed by atoms with Crippen LogP contribution in [-0.2, 0) is 27.9 Å². The predicted molar refractivity (Wildman–Crippen MR) is 210 cm³/mol. The van der Waals surface area contributed by atoms with Crippen molar-refractivity contribution in [3.63, 3.8) is 0 Å². The Morgan fingerprint density at radius 2 is 1.14 bits per heavy atom. The average Bonchev–Trinajstić information content (AvgIpc) is 3.11. The maximum Gasteiger partial charge on any atom is 0.472 e. The van der Waals surface area contributed by atoms with Crippen LogP contribution in [0.25, 0.3) is 0 Å². The van der Waals surface area contributed by atoms with Gasteiger partial charge < -0.3 is 20.1 Å². The number of allylic oxidation sites excluding steroid dienone is 9. The van der Waals surface area contributed by atoms with E-state index in [1.807, 2.05) is 6.08 Å². The van der Waals surface area contributed by atoms with E-state index in [9.17, 15) is 14.3 Å². The lowest BCUT2D eigenvalue weighted by Crippen LogP contribution is -2.25. The van der Waals surface area contributed by atoms with Crippen molar-refractivity contribution in [1.82, 2.24) is 0 Å². The fraction of sp³-hybridized carbons (Fsp3) is 0.732.